The molecular formula is C15H24N2O2S. The molecule has 1 aromatic rings. The molecule has 5 heteroatoms. The molecule has 0 aromatic heterocycles. The van der Waals surface area contributed by atoms with Crippen molar-refractivity contribution in [3.63, 3.8) is 0 Å². The summed E-state index contributed by atoms with van der Waals surface area (Å²) in [4.78, 5) is 0.369. The van der Waals surface area contributed by atoms with Gasteiger partial charge in [0.25, 0.3) is 0 Å². The van der Waals surface area contributed by atoms with Gasteiger partial charge >= 0.3 is 0 Å². The Morgan fingerprint density at radius 2 is 1.95 bits per heavy atom. The number of hydrogen-bond acceptors (Lipinski definition) is 3. The summed E-state index contributed by atoms with van der Waals surface area (Å²) < 4.78 is 27.8. The van der Waals surface area contributed by atoms with E-state index in [1.54, 1.807) is 12.1 Å². The molecule has 0 unspecified atom stereocenters. The van der Waals surface area contributed by atoms with Crippen LogP contribution in [-0.4, -0.2) is 21.0 Å². The van der Waals surface area contributed by atoms with Crippen LogP contribution in [0.15, 0.2) is 23.1 Å². The zero-order chi connectivity index (χ0) is 14.8. The predicted octanol–water partition coefficient (Wildman–Crippen LogP) is 2.19. The summed E-state index contributed by atoms with van der Waals surface area (Å²) in [7, 11) is -1.55. The van der Waals surface area contributed by atoms with Crippen LogP contribution in [0.5, 0.6) is 0 Å². The van der Waals surface area contributed by atoms with Gasteiger partial charge in [0.15, 0.2) is 0 Å². The van der Waals surface area contributed by atoms with Crippen molar-refractivity contribution in [2.45, 2.75) is 56.5 Å². The highest BCUT2D eigenvalue weighted by Crippen LogP contribution is 2.32. The van der Waals surface area contributed by atoms with E-state index in [4.69, 9.17) is 0 Å². The summed E-state index contributed by atoms with van der Waals surface area (Å²) >= 11 is 0. The summed E-state index contributed by atoms with van der Waals surface area (Å²) in [6.45, 7) is 4.74. The lowest BCUT2D eigenvalue weighted by Gasteiger charge is -2.38. The van der Waals surface area contributed by atoms with Gasteiger partial charge in [-0.25, -0.2) is 13.1 Å². The van der Waals surface area contributed by atoms with Gasteiger partial charge in [0.2, 0.25) is 10.0 Å². The molecule has 0 aliphatic heterocycles. The SMILES string of the molecule is CCc1ccc(S(=O)(=O)NC2(C)CCC2)cc1CNC. The van der Waals surface area contributed by atoms with E-state index >= 15 is 0 Å². The highest BCUT2D eigenvalue weighted by molar-refractivity contribution is 7.89. The highest BCUT2D eigenvalue weighted by Gasteiger charge is 2.36. The Kier molecular flexibility index (Phi) is 4.52. The van der Waals surface area contributed by atoms with Crippen LogP contribution in [0, 0.1) is 0 Å². The zero-order valence-electron chi connectivity index (χ0n) is 12.5. The fourth-order valence-corrected chi connectivity index (χ4v) is 4.18. The third-order valence-electron chi connectivity index (χ3n) is 4.07. The third-order valence-corrected chi connectivity index (χ3v) is 5.71. The lowest BCUT2D eigenvalue weighted by atomic mass is 9.80. The van der Waals surface area contributed by atoms with Crippen molar-refractivity contribution < 1.29 is 8.42 Å². The van der Waals surface area contributed by atoms with Crippen LogP contribution in [-0.2, 0) is 23.0 Å². The summed E-state index contributed by atoms with van der Waals surface area (Å²) in [6, 6.07) is 5.42. The minimum atomic E-state index is -3.42. The van der Waals surface area contributed by atoms with Crippen molar-refractivity contribution in [2.24, 2.45) is 0 Å². The lowest BCUT2D eigenvalue weighted by molar-refractivity contribution is 0.248. The van der Waals surface area contributed by atoms with Gasteiger partial charge in [-0.05, 0) is 62.9 Å². The molecule has 1 aliphatic carbocycles. The van der Waals surface area contributed by atoms with Crippen LogP contribution in [0.1, 0.15) is 44.2 Å². The number of aryl methyl sites for hydroxylation is 1. The second kappa shape index (κ2) is 5.84. The van der Waals surface area contributed by atoms with Gasteiger partial charge in [-0.1, -0.05) is 13.0 Å². The molecular weight excluding hydrogens is 272 g/mol. The van der Waals surface area contributed by atoms with Gasteiger partial charge in [-0.15, -0.1) is 0 Å². The molecule has 0 bridgehead atoms. The Hall–Kier alpha value is -0.910. The van der Waals surface area contributed by atoms with Gasteiger partial charge in [0.1, 0.15) is 0 Å². The maximum Gasteiger partial charge on any atom is 0.241 e. The molecule has 112 valence electrons. The average molecular weight is 296 g/mol. The van der Waals surface area contributed by atoms with Crippen molar-refractivity contribution >= 4 is 10.0 Å². The summed E-state index contributed by atoms with van der Waals surface area (Å²) in [5, 5.41) is 3.09. The highest BCUT2D eigenvalue weighted by atomic mass is 32.2. The Morgan fingerprint density at radius 1 is 1.25 bits per heavy atom. The molecule has 0 atom stereocenters. The summed E-state index contributed by atoms with van der Waals surface area (Å²) in [5.41, 5.74) is 1.98. The van der Waals surface area contributed by atoms with Gasteiger partial charge in [0, 0.05) is 12.1 Å². The summed E-state index contributed by atoms with van der Waals surface area (Å²) in [6.07, 6.45) is 3.84. The van der Waals surface area contributed by atoms with Gasteiger partial charge < -0.3 is 5.32 Å². The molecule has 4 nitrogen and oxygen atoms in total. The Labute approximate surface area is 122 Å². The van der Waals surface area contributed by atoms with Crippen LogP contribution in [0.25, 0.3) is 0 Å². The largest absolute Gasteiger partial charge is 0.316 e. The molecule has 20 heavy (non-hydrogen) atoms. The van der Waals surface area contributed by atoms with E-state index in [-0.39, 0.29) is 5.54 Å². The fourth-order valence-electron chi connectivity index (χ4n) is 2.66. The molecule has 0 saturated heterocycles. The van der Waals surface area contributed by atoms with Crippen LogP contribution in [0.4, 0.5) is 0 Å². The normalized spacial score (nSPS) is 17.8. The zero-order valence-corrected chi connectivity index (χ0v) is 13.3. The first-order chi connectivity index (χ1) is 9.40. The maximum absolute atomic E-state index is 12.5. The monoisotopic (exact) mass is 296 g/mol. The Bertz CT molecular complexity index is 578. The molecule has 0 spiro atoms. The number of benzene rings is 1. The second-order valence-corrected chi connectivity index (χ2v) is 7.52. The van der Waals surface area contributed by atoms with E-state index < -0.39 is 10.0 Å². The molecule has 1 aromatic carbocycles. The number of nitrogens with one attached hydrogen (secondary N) is 2. The molecule has 2 rings (SSSR count). The molecule has 2 N–H and O–H groups in total. The minimum Gasteiger partial charge on any atom is -0.316 e. The van der Waals surface area contributed by atoms with Crippen LogP contribution in [0.3, 0.4) is 0 Å². The third kappa shape index (κ3) is 3.22. The molecule has 1 saturated carbocycles. The first-order valence-corrected chi connectivity index (χ1v) is 8.69. The molecule has 1 aliphatic rings. The standard InChI is InChI=1S/C15H24N2O2S/c1-4-12-6-7-14(10-13(12)11-16-3)20(18,19)17-15(2)8-5-9-15/h6-7,10,16-17H,4-5,8-9,11H2,1-3H3. The van der Waals surface area contributed by atoms with Gasteiger partial charge in [-0.2, -0.15) is 0 Å². The lowest BCUT2D eigenvalue weighted by Crippen LogP contribution is -2.50. The van der Waals surface area contributed by atoms with Crippen LogP contribution >= 0.6 is 0 Å². The Morgan fingerprint density at radius 3 is 2.45 bits per heavy atom. The van der Waals surface area contributed by atoms with Crippen molar-refractivity contribution in [3.8, 4) is 0 Å². The van der Waals surface area contributed by atoms with Gasteiger partial charge in [-0.3, -0.25) is 0 Å². The van der Waals surface area contributed by atoms with Gasteiger partial charge in [0.05, 0.1) is 4.90 Å². The smallest absolute Gasteiger partial charge is 0.241 e. The van der Waals surface area contributed by atoms with Crippen LogP contribution < -0.4 is 10.0 Å². The van der Waals surface area contributed by atoms with E-state index in [1.165, 1.54) is 5.56 Å². The van der Waals surface area contributed by atoms with E-state index in [9.17, 15) is 8.42 Å². The quantitative estimate of drug-likeness (QED) is 0.846. The first-order valence-electron chi connectivity index (χ1n) is 7.20. The molecule has 0 radical (unpaired) electrons. The van der Waals surface area contributed by atoms with E-state index in [1.807, 2.05) is 20.0 Å². The maximum atomic E-state index is 12.5. The Balaban J connectivity index is 2.29. The average Bonchev–Trinajstić information content (AvgIpc) is 2.37. The number of sulfonamides is 1. The second-order valence-electron chi connectivity index (χ2n) is 5.83. The minimum absolute atomic E-state index is 0.259. The van der Waals surface area contributed by atoms with Crippen LogP contribution in [0.2, 0.25) is 0 Å². The molecule has 0 heterocycles. The molecule has 1 fully saturated rings. The van der Waals surface area contributed by atoms with Crippen molar-refractivity contribution in [1.29, 1.82) is 0 Å². The fraction of sp³-hybridized carbons (Fsp3) is 0.600. The van der Waals surface area contributed by atoms with Crippen molar-refractivity contribution in [2.75, 3.05) is 7.05 Å². The summed E-state index contributed by atoms with van der Waals surface area (Å²) in [5.74, 6) is 0. The number of rotatable bonds is 6. The van der Waals surface area contributed by atoms with Crippen molar-refractivity contribution in [1.82, 2.24) is 10.0 Å². The topological polar surface area (TPSA) is 58.2 Å². The van der Waals surface area contributed by atoms with E-state index in [0.717, 1.165) is 31.2 Å². The predicted molar refractivity (Wildman–Crippen MR) is 81.2 cm³/mol. The van der Waals surface area contributed by atoms with E-state index in [0.29, 0.717) is 11.4 Å². The number of hydrogen-bond donors (Lipinski definition) is 2. The first kappa shape index (κ1) is 15.5. The van der Waals surface area contributed by atoms with E-state index in [2.05, 4.69) is 17.0 Å². The van der Waals surface area contributed by atoms with Crippen molar-refractivity contribution in [3.05, 3.63) is 29.3 Å². The molecule has 0 amide bonds.